The second-order valence-corrected chi connectivity index (χ2v) is 3.30. The maximum absolute atomic E-state index is 10.1. The molecule has 1 N–H and O–H groups in total. The molecular formula is C13H15NO3. The van der Waals surface area contributed by atoms with Gasteiger partial charge in [-0.1, -0.05) is 12.0 Å². The third kappa shape index (κ3) is 4.07. The van der Waals surface area contributed by atoms with Gasteiger partial charge in [-0.05, 0) is 24.1 Å². The van der Waals surface area contributed by atoms with Gasteiger partial charge in [0.25, 0.3) is 0 Å². The smallest absolute Gasteiger partial charge is 0.207 e. The van der Waals surface area contributed by atoms with Gasteiger partial charge in [0.1, 0.15) is 6.61 Å². The molecule has 0 bridgehead atoms. The lowest BCUT2D eigenvalue weighted by Gasteiger charge is -2.10. The van der Waals surface area contributed by atoms with Crippen molar-refractivity contribution in [3.05, 3.63) is 23.8 Å². The number of hydrogen-bond acceptors (Lipinski definition) is 3. The number of amides is 1. The molecule has 1 aromatic carbocycles. The molecule has 0 unspecified atom stereocenters. The number of methoxy groups -OCH3 is 1. The summed E-state index contributed by atoms with van der Waals surface area (Å²) in [4.78, 5) is 10.1. The maximum atomic E-state index is 10.1. The van der Waals surface area contributed by atoms with Gasteiger partial charge < -0.3 is 14.8 Å². The summed E-state index contributed by atoms with van der Waals surface area (Å²) in [5.41, 5.74) is 1.06. The van der Waals surface area contributed by atoms with Crippen LogP contribution in [0.3, 0.4) is 0 Å². The number of nitrogens with one attached hydrogen (secondary N) is 1. The van der Waals surface area contributed by atoms with E-state index < -0.39 is 0 Å². The van der Waals surface area contributed by atoms with Crippen LogP contribution in [0.2, 0.25) is 0 Å². The third-order valence-corrected chi connectivity index (χ3v) is 2.18. The van der Waals surface area contributed by atoms with E-state index in [2.05, 4.69) is 11.2 Å². The molecule has 0 aliphatic rings. The number of hydrogen-bond donors (Lipinski definition) is 1. The van der Waals surface area contributed by atoms with Gasteiger partial charge in [0.05, 0.1) is 7.11 Å². The standard InChI is InChI=1S/C13H15NO3/c1-3-8-17-12-5-4-11(6-7-14-10-15)9-13(12)16-2/h1,4-5,9-10H,6-8H2,2H3,(H,14,15). The molecule has 0 aliphatic carbocycles. The number of benzene rings is 1. The number of rotatable bonds is 7. The van der Waals surface area contributed by atoms with E-state index in [1.54, 1.807) is 7.11 Å². The SMILES string of the molecule is C#CCOc1ccc(CCNC=O)cc1OC. The van der Waals surface area contributed by atoms with E-state index in [1.807, 2.05) is 18.2 Å². The van der Waals surface area contributed by atoms with Crippen molar-refractivity contribution in [2.45, 2.75) is 6.42 Å². The Bertz CT molecular complexity index is 410. The minimum atomic E-state index is 0.211. The molecule has 0 atom stereocenters. The van der Waals surface area contributed by atoms with Crippen LogP contribution in [0.15, 0.2) is 18.2 Å². The summed E-state index contributed by atoms with van der Waals surface area (Å²) in [6, 6.07) is 5.60. The van der Waals surface area contributed by atoms with E-state index in [9.17, 15) is 4.79 Å². The molecule has 0 saturated heterocycles. The average molecular weight is 233 g/mol. The molecule has 0 spiro atoms. The summed E-state index contributed by atoms with van der Waals surface area (Å²) in [6.45, 7) is 0.805. The van der Waals surface area contributed by atoms with Crippen LogP contribution in [-0.4, -0.2) is 26.7 Å². The van der Waals surface area contributed by atoms with Gasteiger partial charge in [-0.2, -0.15) is 0 Å². The molecule has 0 radical (unpaired) electrons. The monoisotopic (exact) mass is 233 g/mol. The van der Waals surface area contributed by atoms with Gasteiger partial charge in [0, 0.05) is 6.54 Å². The van der Waals surface area contributed by atoms with E-state index in [1.165, 1.54) is 0 Å². The quantitative estimate of drug-likeness (QED) is 0.434. The van der Waals surface area contributed by atoms with Crippen molar-refractivity contribution in [2.75, 3.05) is 20.3 Å². The van der Waals surface area contributed by atoms with Gasteiger partial charge in [0.2, 0.25) is 6.41 Å². The Morgan fingerprint density at radius 1 is 1.47 bits per heavy atom. The molecule has 0 aliphatic heterocycles. The number of terminal acetylenes is 1. The normalized spacial score (nSPS) is 9.18. The van der Waals surface area contributed by atoms with Crippen molar-refractivity contribution in [1.82, 2.24) is 5.32 Å². The highest BCUT2D eigenvalue weighted by atomic mass is 16.5. The highest BCUT2D eigenvalue weighted by Gasteiger charge is 2.05. The number of carbonyl (C=O) groups is 1. The first-order valence-electron chi connectivity index (χ1n) is 5.22. The van der Waals surface area contributed by atoms with Crippen molar-refractivity contribution >= 4 is 6.41 Å². The Morgan fingerprint density at radius 2 is 2.29 bits per heavy atom. The Labute approximate surface area is 101 Å². The molecule has 0 heterocycles. The van der Waals surface area contributed by atoms with Gasteiger partial charge in [0.15, 0.2) is 11.5 Å². The van der Waals surface area contributed by atoms with Crippen molar-refractivity contribution < 1.29 is 14.3 Å². The molecule has 1 amide bonds. The fourth-order valence-corrected chi connectivity index (χ4v) is 1.38. The molecule has 4 heteroatoms. The Kier molecular flexibility index (Phi) is 5.45. The predicted molar refractivity (Wildman–Crippen MR) is 65.1 cm³/mol. The second kappa shape index (κ2) is 7.18. The molecule has 0 fully saturated rings. The molecule has 1 rings (SSSR count). The first kappa shape index (κ1) is 12.9. The summed E-state index contributed by atoms with van der Waals surface area (Å²) in [7, 11) is 1.57. The lowest BCUT2D eigenvalue weighted by Crippen LogP contribution is -2.14. The summed E-state index contributed by atoms with van der Waals surface area (Å²) in [5, 5.41) is 2.60. The Balaban J connectivity index is 2.70. The van der Waals surface area contributed by atoms with Crippen LogP contribution < -0.4 is 14.8 Å². The summed E-state index contributed by atoms with van der Waals surface area (Å²) >= 11 is 0. The second-order valence-electron chi connectivity index (χ2n) is 3.30. The van der Waals surface area contributed by atoms with E-state index in [-0.39, 0.29) is 6.61 Å². The van der Waals surface area contributed by atoms with Gasteiger partial charge in [-0.3, -0.25) is 4.79 Å². The number of ether oxygens (including phenoxy) is 2. The zero-order chi connectivity index (χ0) is 12.5. The largest absolute Gasteiger partial charge is 0.493 e. The van der Waals surface area contributed by atoms with Crippen LogP contribution in [0.4, 0.5) is 0 Å². The maximum Gasteiger partial charge on any atom is 0.207 e. The highest BCUT2D eigenvalue weighted by molar-refractivity contribution is 5.46. The minimum absolute atomic E-state index is 0.211. The first-order valence-corrected chi connectivity index (χ1v) is 5.22. The molecule has 0 saturated carbocycles. The first-order chi connectivity index (χ1) is 8.31. The zero-order valence-corrected chi connectivity index (χ0v) is 9.73. The van der Waals surface area contributed by atoms with Crippen LogP contribution in [0.25, 0.3) is 0 Å². The third-order valence-electron chi connectivity index (χ3n) is 2.18. The summed E-state index contributed by atoms with van der Waals surface area (Å²) in [6.07, 6.45) is 6.54. The van der Waals surface area contributed by atoms with E-state index in [0.29, 0.717) is 24.5 Å². The van der Waals surface area contributed by atoms with Gasteiger partial charge in [-0.25, -0.2) is 0 Å². The molecule has 17 heavy (non-hydrogen) atoms. The van der Waals surface area contributed by atoms with Crippen LogP contribution in [0.5, 0.6) is 11.5 Å². The van der Waals surface area contributed by atoms with Crippen LogP contribution in [0, 0.1) is 12.3 Å². The van der Waals surface area contributed by atoms with E-state index in [0.717, 1.165) is 12.0 Å². The van der Waals surface area contributed by atoms with Gasteiger partial charge in [-0.15, -0.1) is 6.42 Å². The van der Waals surface area contributed by atoms with Crippen LogP contribution in [-0.2, 0) is 11.2 Å². The summed E-state index contributed by atoms with van der Waals surface area (Å²) < 4.78 is 10.5. The van der Waals surface area contributed by atoms with Gasteiger partial charge >= 0.3 is 0 Å². The molecular weight excluding hydrogens is 218 g/mol. The van der Waals surface area contributed by atoms with Crippen LogP contribution in [0.1, 0.15) is 5.56 Å². The lowest BCUT2D eigenvalue weighted by molar-refractivity contribution is -0.109. The topological polar surface area (TPSA) is 47.6 Å². The minimum Gasteiger partial charge on any atom is -0.493 e. The molecule has 1 aromatic rings. The van der Waals surface area contributed by atoms with E-state index >= 15 is 0 Å². The average Bonchev–Trinajstić information content (AvgIpc) is 2.37. The molecule has 90 valence electrons. The lowest BCUT2D eigenvalue weighted by atomic mass is 10.1. The van der Waals surface area contributed by atoms with Crippen molar-refractivity contribution in [3.8, 4) is 23.8 Å². The Hall–Kier alpha value is -2.15. The van der Waals surface area contributed by atoms with Crippen LogP contribution >= 0.6 is 0 Å². The predicted octanol–water partition coefficient (Wildman–Crippen LogP) is 0.996. The summed E-state index contributed by atoms with van der Waals surface area (Å²) in [5.74, 6) is 3.66. The fraction of sp³-hybridized carbons (Fsp3) is 0.308. The van der Waals surface area contributed by atoms with E-state index in [4.69, 9.17) is 15.9 Å². The zero-order valence-electron chi connectivity index (χ0n) is 9.73. The fourth-order valence-electron chi connectivity index (χ4n) is 1.38. The highest BCUT2D eigenvalue weighted by Crippen LogP contribution is 2.28. The van der Waals surface area contributed by atoms with Crippen molar-refractivity contribution in [2.24, 2.45) is 0 Å². The Morgan fingerprint density at radius 3 is 2.94 bits per heavy atom. The molecule has 4 nitrogen and oxygen atoms in total. The van der Waals surface area contributed by atoms with Crippen molar-refractivity contribution in [1.29, 1.82) is 0 Å². The van der Waals surface area contributed by atoms with Crippen molar-refractivity contribution in [3.63, 3.8) is 0 Å². The number of carbonyl (C=O) groups excluding carboxylic acids is 1. The molecule has 0 aromatic heterocycles.